The molecule has 0 heterocycles. The lowest BCUT2D eigenvalue weighted by Gasteiger charge is -2.59. The quantitative estimate of drug-likeness (QED) is 0.407. The number of carbonyl (C=O) groups excluding carboxylic acids is 2. The predicted octanol–water partition coefficient (Wildman–Crippen LogP) is 7.43. The van der Waals surface area contributed by atoms with Gasteiger partial charge >= 0.3 is 5.97 Å². The number of ether oxygens (including phenoxy) is 1. The van der Waals surface area contributed by atoms with Crippen molar-refractivity contribution < 1.29 is 26.7 Å². The van der Waals surface area contributed by atoms with E-state index in [1.54, 1.807) is 0 Å². The topological polar surface area (TPSA) is 43.4 Å². The van der Waals surface area contributed by atoms with Gasteiger partial charge in [-0.15, -0.1) is 0 Å². The average Bonchev–Trinajstić information content (AvgIpc) is 3.25. The van der Waals surface area contributed by atoms with E-state index in [9.17, 15) is 9.59 Å². The van der Waals surface area contributed by atoms with E-state index >= 15 is 0 Å². The Morgan fingerprint density at radius 1 is 1.00 bits per heavy atom. The fourth-order valence-corrected chi connectivity index (χ4v) is 8.40. The highest BCUT2D eigenvalue weighted by Crippen LogP contribution is 2.68. The van der Waals surface area contributed by atoms with Gasteiger partial charge in [0.1, 0.15) is 5.60 Å². The maximum absolute atomic E-state index is 13.7. The fourth-order valence-electron chi connectivity index (χ4n) is 8.40. The zero-order valence-electron chi connectivity index (χ0n) is 29.1. The van der Waals surface area contributed by atoms with Crippen molar-refractivity contribution in [3.8, 4) is 0 Å². The Morgan fingerprint density at radius 2 is 1.82 bits per heavy atom. The molecule has 4 fully saturated rings. The minimum Gasteiger partial charge on any atom is -0.459 e. The van der Waals surface area contributed by atoms with Gasteiger partial charge in [0, 0.05) is 24.2 Å². The third-order valence-corrected chi connectivity index (χ3v) is 10.3. The Kier molecular flexibility index (Phi) is 3.90. The minimum atomic E-state index is -2.86. The van der Waals surface area contributed by atoms with Gasteiger partial charge in [-0.25, -0.2) is 0 Å². The number of hydrogen-bond acceptors (Lipinski definition) is 3. The Labute approximate surface area is 214 Å². The van der Waals surface area contributed by atoms with Crippen LogP contribution in [0, 0.1) is 40.4 Å². The number of fused-ring (bicyclic) bond motifs is 5. The van der Waals surface area contributed by atoms with Gasteiger partial charge in [0.15, 0.2) is 5.78 Å². The Bertz CT molecular complexity index is 1100. The summed E-state index contributed by atoms with van der Waals surface area (Å²) < 4.78 is 84.7. The van der Waals surface area contributed by atoms with Gasteiger partial charge in [-0.1, -0.05) is 39.0 Å². The maximum atomic E-state index is 13.7. The molecule has 0 bridgehead atoms. The molecular weight excluding hydrogens is 408 g/mol. The third-order valence-electron chi connectivity index (χ3n) is 10.3. The number of carbonyl (C=O) groups is 2. The Balaban J connectivity index is 1.54. The summed E-state index contributed by atoms with van der Waals surface area (Å²) in [5.41, 5.74) is -4.54. The van der Waals surface area contributed by atoms with E-state index in [4.69, 9.17) is 17.1 Å². The molecule has 6 atom stereocenters. The summed E-state index contributed by atoms with van der Waals surface area (Å²) in [6.07, 6.45) is 8.20. The number of rotatable bonds is 4. The molecule has 0 radical (unpaired) electrons. The summed E-state index contributed by atoms with van der Waals surface area (Å²) in [4.78, 5) is 26.1. The van der Waals surface area contributed by atoms with E-state index in [2.05, 4.69) is 6.92 Å². The van der Waals surface area contributed by atoms with Crippen LogP contribution in [0.25, 0.3) is 0 Å². The van der Waals surface area contributed by atoms with E-state index < -0.39 is 60.7 Å². The Hall–Kier alpha value is -1.12. The molecule has 3 heteroatoms. The van der Waals surface area contributed by atoms with Crippen LogP contribution in [0.2, 0.25) is 0 Å². The van der Waals surface area contributed by atoms with Crippen LogP contribution in [-0.2, 0) is 14.3 Å². The molecule has 184 valence electrons. The molecule has 0 aromatic carbocycles. The molecule has 0 amide bonds. The second-order valence-corrected chi connectivity index (χ2v) is 11.8. The van der Waals surface area contributed by atoms with E-state index in [1.165, 1.54) is 6.08 Å². The molecule has 5 rings (SSSR count). The molecule has 0 aromatic heterocycles. The molecule has 0 N–H and O–H groups in total. The van der Waals surface area contributed by atoms with Crippen LogP contribution in [0.4, 0.5) is 0 Å². The fraction of sp³-hybridized carbons (Fsp3) is 0.867. The number of esters is 1. The van der Waals surface area contributed by atoms with Crippen LogP contribution in [0.15, 0.2) is 11.6 Å². The monoisotopic (exact) mass is 463 g/mol. The molecule has 5 aliphatic carbocycles. The van der Waals surface area contributed by atoms with Gasteiger partial charge in [-0.3, -0.25) is 9.59 Å². The highest BCUT2D eigenvalue weighted by atomic mass is 16.6. The first-order valence-corrected chi connectivity index (χ1v) is 13.4. The number of hydrogen-bond donors (Lipinski definition) is 0. The molecule has 4 saturated carbocycles. The molecular formula is C30H46O3. The predicted molar refractivity (Wildman–Crippen MR) is 132 cm³/mol. The lowest BCUT2D eigenvalue weighted by Crippen LogP contribution is -2.55. The first kappa shape index (κ1) is 15.1. The minimum absolute atomic E-state index is 0.0523. The van der Waals surface area contributed by atoms with Crippen molar-refractivity contribution in [1.82, 2.24) is 0 Å². The van der Waals surface area contributed by atoms with Gasteiger partial charge < -0.3 is 4.74 Å². The zero-order chi connectivity index (χ0) is 30.9. The molecule has 33 heavy (non-hydrogen) atoms. The highest BCUT2D eigenvalue weighted by molar-refractivity contribution is 5.91. The van der Waals surface area contributed by atoms with Crippen LogP contribution >= 0.6 is 0 Å². The Morgan fingerprint density at radius 3 is 2.55 bits per heavy atom. The lowest BCUT2D eigenvalue weighted by atomic mass is 9.46. The van der Waals surface area contributed by atoms with Crippen molar-refractivity contribution in [2.75, 3.05) is 0 Å². The van der Waals surface area contributed by atoms with Crippen LogP contribution in [0.5, 0.6) is 0 Å². The van der Waals surface area contributed by atoms with Crippen molar-refractivity contribution in [3.63, 3.8) is 0 Å². The van der Waals surface area contributed by atoms with Crippen molar-refractivity contribution >= 4 is 11.8 Å². The van der Waals surface area contributed by atoms with Crippen molar-refractivity contribution in [1.29, 1.82) is 0 Å². The van der Waals surface area contributed by atoms with Gasteiger partial charge in [0.2, 0.25) is 0 Å². The van der Waals surface area contributed by atoms with Gasteiger partial charge in [0.25, 0.3) is 0 Å². The second kappa shape index (κ2) is 8.52. The van der Waals surface area contributed by atoms with Gasteiger partial charge in [-0.05, 0) is 113 Å². The zero-order valence-corrected chi connectivity index (χ0v) is 20.1. The smallest absolute Gasteiger partial charge is 0.309 e. The van der Waals surface area contributed by atoms with Crippen molar-refractivity contribution in [3.05, 3.63) is 11.6 Å². The summed E-state index contributed by atoms with van der Waals surface area (Å²) >= 11 is 0. The molecule has 3 nitrogen and oxygen atoms in total. The number of allylic oxidation sites excluding steroid dienone is 1. The van der Waals surface area contributed by atoms with Crippen molar-refractivity contribution in [2.45, 2.75) is 123 Å². The second-order valence-electron chi connectivity index (χ2n) is 11.8. The van der Waals surface area contributed by atoms with E-state index in [0.29, 0.717) is 37.2 Å². The van der Waals surface area contributed by atoms with E-state index in [1.807, 2.05) is 0 Å². The summed E-state index contributed by atoms with van der Waals surface area (Å²) in [5.74, 6) is -1.94. The SMILES string of the molecule is [2H]C([2H])([2H])[C@]12CC[C@H]3[C@@H](CCC4=CC(=O)CC[C@@]43C([2H])([2H])[2H])[C@@H]1CC[C@@]2(OC(=O)C1CCC(CCC)CC1)C([2H])([2H])[2H]. The van der Waals surface area contributed by atoms with E-state index in [0.717, 1.165) is 25.7 Å². The largest absolute Gasteiger partial charge is 0.459 e. The molecule has 0 aromatic rings. The first-order chi connectivity index (χ1) is 19.4. The normalized spacial score (nSPS) is 52.4. The first-order valence-electron chi connectivity index (χ1n) is 17.9. The average molecular weight is 464 g/mol. The summed E-state index contributed by atoms with van der Waals surface area (Å²) in [7, 11) is 0. The molecule has 0 spiro atoms. The summed E-state index contributed by atoms with van der Waals surface area (Å²) in [6.45, 7) is -5.85. The summed E-state index contributed by atoms with van der Waals surface area (Å²) in [6, 6.07) is 0. The number of ketones is 1. The van der Waals surface area contributed by atoms with Crippen LogP contribution in [0.1, 0.15) is 130 Å². The van der Waals surface area contributed by atoms with Crippen LogP contribution < -0.4 is 0 Å². The summed E-state index contributed by atoms with van der Waals surface area (Å²) in [5, 5.41) is 0. The van der Waals surface area contributed by atoms with Gasteiger partial charge in [0.05, 0.1) is 5.92 Å². The van der Waals surface area contributed by atoms with Crippen molar-refractivity contribution in [2.24, 2.45) is 40.4 Å². The molecule has 0 unspecified atom stereocenters. The molecule has 0 saturated heterocycles. The third kappa shape index (κ3) is 3.75. The molecule has 0 aliphatic heterocycles. The van der Waals surface area contributed by atoms with Crippen LogP contribution in [-0.4, -0.2) is 17.4 Å². The highest BCUT2D eigenvalue weighted by Gasteiger charge is 2.64. The maximum Gasteiger partial charge on any atom is 0.309 e. The molecule has 5 aliphatic rings. The van der Waals surface area contributed by atoms with E-state index in [-0.39, 0.29) is 50.2 Å². The van der Waals surface area contributed by atoms with Crippen LogP contribution in [0.3, 0.4) is 0 Å². The standard InChI is InChI=1S/C30H46O3/c1-5-6-20-7-9-21(10-8-20)27(32)33-30(4)18-15-26-24-12-11-22-19-23(31)13-16-28(22,2)25(24)14-17-29(26,30)3/h19-21,24-26H,5-18H2,1-4H3/t20?,21?,24-,25+,26+,28+,29+,30+/m1/s1/i2D3,3D3,4D3. The van der Waals surface area contributed by atoms with Gasteiger partial charge in [-0.2, -0.15) is 0 Å². The lowest BCUT2D eigenvalue weighted by molar-refractivity contribution is -0.186.